The van der Waals surface area contributed by atoms with Gasteiger partial charge in [-0.1, -0.05) is 37.0 Å². The summed E-state index contributed by atoms with van der Waals surface area (Å²) in [6, 6.07) is 3.96. The van der Waals surface area contributed by atoms with Gasteiger partial charge in [0.05, 0.1) is 10.6 Å². The van der Waals surface area contributed by atoms with Gasteiger partial charge >= 0.3 is 0 Å². The summed E-state index contributed by atoms with van der Waals surface area (Å²) in [5.74, 6) is -0.274. The molecule has 0 heterocycles. The lowest BCUT2D eigenvalue weighted by atomic mass is 10.2. The Balaban J connectivity index is 2.63. The molecule has 1 unspecified atom stereocenters. The quantitative estimate of drug-likeness (QED) is 0.877. The Morgan fingerprint density at radius 3 is 2.40 bits per heavy atom. The first-order valence-corrected chi connectivity index (χ1v) is 7.10. The van der Waals surface area contributed by atoms with Gasteiger partial charge in [0.2, 0.25) is 5.91 Å². The Morgan fingerprint density at radius 1 is 1.20 bits per heavy atom. The van der Waals surface area contributed by atoms with Gasteiger partial charge in [-0.25, -0.2) is 0 Å². The van der Waals surface area contributed by atoms with Crippen molar-refractivity contribution < 1.29 is 9.59 Å². The molecule has 0 aliphatic rings. The third-order valence-electron chi connectivity index (χ3n) is 2.60. The highest BCUT2D eigenvalue weighted by Crippen LogP contribution is 2.20. The van der Waals surface area contributed by atoms with E-state index in [1.165, 1.54) is 12.1 Å². The Bertz CT molecular complexity index is 504. The topological polar surface area (TPSA) is 58.2 Å². The molecule has 0 aromatic heterocycles. The molecule has 1 aromatic rings. The van der Waals surface area contributed by atoms with Gasteiger partial charge in [0.25, 0.3) is 5.91 Å². The minimum Gasteiger partial charge on any atom is -0.354 e. The van der Waals surface area contributed by atoms with Gasteiger partial charge < -0.3 is 10.6 Å². The van der Waals surface area contributed by atoms with Crippen LogP contribution >= 0.6 is 23.2 Å². The molecule has 0 aliphatic heterocycles. The fourth-order valence-corrected chi connectivity index (χ4v) is 1.97. The fraction of sp³-hybridized carbons (Fsp3) is 0.429. The van der Waals surface area contributed by atoms with E-state index in [0.29, 0.717) is 23.0 Å². The molecular formula is C14H18Cl2N2O2. The maximum absolute atomic E-state index is 12.0. The van der Waals surface area contributed by atoms with E-state index in [9.17, 15) is 9.59 Å². The number of halogens is 2. The van der Waals surface area contributed by atoms with Crippen LogP contribution in [-0.4, -0.2) is 24.4 Å². The van der Waals surface area contributed by atoms with Crippen LogP contribution in [0, 0.1) is 5.92 Å². The van der Waals surface area contributed by atoms with Crippen molar-refractivity contribution in [3.8, 4) is 0 Å². The van der Waals surface area contributed by atoms with Gasteiger partial charge in [-0.05, 0) is 31.0 Å². The van der Waals surface area contributed by atoms with E-state index < -0.39 is 11.9 Å². The average Bonchev–Trinajstić information content (AvgIpc) is 2.35. The molecule has 0 spiro atoms. The second-order valence-electron chi connectivity index (χ2n) is 4.96. The SMILES string of the molecule is CC(C)CNC(=O)C(C)NC(=O)c1ccc(Cl)cc1Cl. The molecule has 1 aromatic carbocycles. The number of carbonyl (C=O) groups excluding carboxylic acids is 2. The van der Waals surface area contributed by atoms with Crippen molar-refractivity contribution in [1.82, 2.24) is 10.6 Å². The van der Waals surface area contributed by atoms with Gasteiger partial charge in [-0.3, -0.25) is 9.59 Å². The van der Waals surface area contributed by atoms with Gasteiger partial charge in [0.1, 0.15) is 6.04 Å². The van der Waals surface area contributed by atoms with Crippen LogP contribution in [0.2, 0.25) is 10.0 Å². The number of rotatable bonds is 5. The molecular weight excluding hydrogens is 299 g/mol. The standard InChI is InChI=1S/C14H18Cl2N2O2/c1-8(2)7-17-13(19)9(3)18-14(20)11-5-4-10(15)6-12(11)16/h4-6,8-9H,7H2,1-3H3,(H,17,19)(H,18,20). The van der Waals surface area contributed by atoms with Crippen molar-refractivity contribution in [3.63, 3.8) is 0 Å². The molecule has 0 aliphatic carbocycles. The predicted octanol–water partition coefficient (Wildman–Crippen LogP) is 2.88. The number of benzene rings is 1. The first-order chi connectivity index (χ1) is 9.31. The lowest BCUT2D eigenvalue weighted by Crippen LogP contribution is -2.45. The molecule has 0 fully saturated rings. The van der Waals surface area contributed by atoms with E-state index in [4.69, 9.17) is 23.2 Å². The monoisotopic (exact) mass is 316 g/mol. The molecule has 4 nitrogen and oxygen atoms in total. The van der Waals surface area contributed by atoms with Crippen molar-refractivity contribution in [2.45, 2.75) is 26.8 Å². The van der Waals surface area contributed by atoms with Crippen molar-refractivity contribution in [1.29, 1.82) is 0 Å². The van der Waals surface area contributed by atoms with Crippen LogP contribution in [0.3, 0.4) is 0 Å². The number of carbonyl (C=O) groups is 2. The summed E-state index contributed by atoms with van der Waals surface area (Å²) >= 11 is 11.7. The van der Waals surface area contributed by atoms with Crippen LogP contribution < -0.4 is 10.6 Å². The lowest BCUT2D eigenvalue weighted by Gasteiger charge is -2.15. The summed E-state index contributed by atoms with van der Waals surface area (Å²) in [5.41, 5.74) is 0.291. The second kappa shape index (κ2) is 7.50. The highest BCUT2D eigenvalue weighted by molar-refractivity contribution is 6.36. The molecule has 20 heavy (non-hydrogen) atoms. The largest absolute Gasteiger partial charge is 0.354 e. The Hall–Kier alpha value is -1.26. The van der Waals surface area contributed by atoms with E-state index >= 15 is 0 Å². The zero-order chi connectivity index (χ0) is 15.3. The molecule has 0 bridgehead atoms. The van der Waals surface area contributed by atoms with Crippen LogP contribution in [0.15, 0.2) is 18.2 Å². The molecule has 110 valence electrons. The zero-order valence-corrected chi connectivity index (χ0v) is 13.2. The maximum atomic E-state index is 12.0. The molecule has 6 heteroatoms. The summed E-state index contributed by atoms with van der Waals surface area (Å²) < 4.78 is 0. The van der Waals surface area contributed by atoms with E-state index in [1.54, 1.807) is 13.0 Å². The van der Waals surface area contributed by atoms with Crippen LogP contribution in [0.1, 0.15) is 31.1 Å². The zero-order valence-electron chi connectivity index (χ0n) is 11.7. The number of nitrogens with one attached hydrogen (secondary N) is 2. The summed E-state index contributed by atoms with van der Waals surface area (Å²) in [6.07, 6.45) is 0. The van der Waals surface area contributed by atoms with Gasteiger partial charge in [-0.2, -0.15) is 0 Å². The van der Waals surface area contributed by atoms with Crippen LogP contribution in [-0.2, 0) is 4.79 Å². The van der Waals surface area contributed by atoms with Crippen LogP contribution in [0.5, 0.6) is 0 Å². The number of hydrogen-bond donors (Lipinski definition) is 2. The van der Waals surface area contributed by atoms with Crippen LogP contribution in [0.25, 0.3) is 0 Å². The summed E-state index contributed by atoms with van der Waals surface area (Å²) in [7, 11) is 0. The van der Waals surface area contributed by atoms with Crippen molar-refractivity contribution in [2.24, 2.45) is 5.92 Å². The van der Waals surface area contributed by atoms with Crippen molar-refractivity contribution in [3.05, 3.63) is 33.8 Å². The highest BCUT2D eigenvalue weighted by atomic mass is 35.5. The van der Waals surface area contributed by atoms with Gasteiger partial charge in [0, 0.05) is 11.6 Å². The smallest absolute Gasteiger partial charge is 0.253 e. The fourth-order valence-electron chi connectivity index (χ4n) is 1.47. The molecule has 0 radical (unpaired) electrons. The molecule has 0 saturated heterocycles. The third kappa shape index (κ3) is 5.02. The minimum atomic E-state index is -0.631. The van der Waals surface area contributed by atoms with Crippen molar-refractivity contribution in [2.75, 3.05) is 6.54 Å². The molecule has 2 N–H and O–H groups in total. The van der Waals surface area contributed by atoms with E-state index in [0.717, 1.165) is 0 Å². The van der Waals surface area contributed by atoms with E-state index in [-0.39, 0.29) is 10.9 Å². The van der Waals surface area contributed by atoms with Crippen LogP contribution in [0.4, 0.5) is 0 Å². The average molecular weight is 317 g/mol. The summed E-state index contributed by atoms with van der Waals surface area (Å²) in [4.78, 5) is 23.8. The second-order valence-corrected chi connectivity index (χ2v) is 5.80. The molecule has 0 saturated carbocycles. The van der Waals surface area contributed by atoms with E-state index in [2.05, 4.69) is 10.6 Å². The maximum Gasteiger partial charge on any atom is 0.253 e. The Labute approximate surface area is 128 Å². The highest BCUT2D eigenvalue weighted by Gasteiger charge is 2.18. The number of hydrogen-bond acceptors (Lipinski definition) is 2. The molecule has 1 rings (SSSR count). The Morgan fingerprint density at radius 2 is 1.85 bits per heavy atom. The third-order valence-corrected chi connectivity index (χ3v) is 3.15. The molecule has 2 amide bonds. The first kappa shape index (κ1) is 16.8. The first-order valence-electron chi connectivity index (χ1n) is 6.35. The van der Waals surface area contributed by atoms with Gasteiger partial charge in [0.15, 0.2) is 0 Å². The predicted molar refractivity (Wildman–Crippen MR) is 81.2 cm³/mol. The molecule has 1 atom stereocenters. The van der Waals surface area contributed by atoms with Gasteiger partial charge in [-0.15, -0.1) is 0 Å². The Kier molecular flexibility index (Phi) is 6.30. The number of amides is 2. The lowest BCUT2D eigenvalue weighted by molar-refractivity contribution is -0.122. The normalized spacial score (nSPS) is 12.1. The summed E-state index contributed by atoms with van der Waals surface area (Å²) in [6.45, 7) is 6.19. The summed E-state index contributed by atoms with van der Waals surface area (Å²) in [5, 5.41) is 6.06. The minimum absolute atomic E-state index is 0.225. The van der Waals surface area contributed by atoms with E-state index in [1.807, 2.05) is 13.8 Å². The van der Waals surface area contributed by atoms with Crippen molar-refractivity contribution >= 4 is 35.0 Å².